The molecule has 1 N–H and O–H groups in total. The van der Waals surface area contributed by atoms with Crippen molar-refractivity contribution in [2.45, 2.75) is 17.9 Å². The van der Waals surface area contributed by atoms with Gasteiger partial charge in [0, 0.05) is 6.20 Å². The summed E-state index contributed by atoms with van der Waals surface area (Å²) in [5.41, 5.74) is 0.731. The first-order valence-corrected chi connectivity index (χ1v) is 7.99. The van der Waals surface area contributed by atoms with Gasteiger partial charge >= 0.3 is 0 Å². The average Bonchev–Trinajstić information content (AvgIpc) is 2.47. The van der Waals surface area contributed by atoms with Crippen LogP contribution in [0.4, 0.5) is 0 Å². The lowest BCUT2D eigenvalue weighted by atomic mass is 10.0. The van der Waals surface area contributed by atoms with Crippen molar-refractivity contribution in [1.29, 1.82) is 0 Å². The Balaban J connectivity index is 2.17. The van der Waals surface area contributed by atoms with Gasteiger partial charge in [0.1, 0.15) is 0 Å². The molecule has 0 saturated carbocycles. The Hall–Kier alpha value is -1.92. The summed E-state index contributed by atoms with van der Waals surface area (Å²) >= 11 is 5.65. The Bertz CT molecular complexity index is 731. The second kappa shape index (κ2) is 6.24. The third kappa shape index (κ3) is 3.80. The van der Waals surface area contributed by atoms with Crippen LogP contribution in [0.2, 0.25) is 5.02 Å². The first kappa shape index (κ1) is 15.5. The third-order valence-electron chi connectivity index (χ3n) is 2.90. The van der Waals surface area contributed by atoms with E-state index < -0.39 is 21.8 Å². The van der Waals surface area contributed by atoms with Crippen LogP contribution in [0.1, 0.15) is 18.4 Å². The van der Waals surface area contributed by atoms with E-state index in [2.05, 4.69) is 4.98 Å². The molecule has 7 heteroatoms. The van der Waals surface area contributed by atoms with E-state index in [1.807, 2.05) is 10.8 Å². The van der Waals surface area contributed by atoms with E-state index >= 15 is 0 Å². The number of nitrogens with one attached hydrogen (secondary N) is 1. The van der Waals surface area contributed by atoms with Crippen LogP contribution in [0.15, 0.2) is 53.7 Å². The smallest absolute Gasteiger partial charge is 0.273 e. The summed E-state index contributed by atoms with van der Waals surface area (Å²) in [6.45, 7) is 1.63. The minimum Gasteiger partial charge on any atom is -0.273 e. The van der Waals surface area contributed by atoms with Gasteiger partial charge in [0.25, 0.3) is 10.0 Å². The second-order valence-corrected chi connectivity index (χ2v) is 6.48. The first-order valence-electron chi connectivity index (χ1n) is 6.13. The number of sulfonamides is 1. The Morgan fingerprint density at radius 1 is 1.19 bits per heavy atom. The van der Waals surface area contributed by atoms with Gasteiger partial charge in [-0.05, 0) is 24.6 Å². The normalized spacial score (nSPS) is 12.7. The summed E-state index contributed by atoms with van der Waals surface area (Å²) in [7, 11) is -4.00. The van der Waals surface area contributed by atoms with Gasteiger partial charge in [-0.1, -0.05) is 41.9 Å². The van der Waals surface area contributed by atoms with Gasteiger partial charge in [0.05, 0.1) is 10.9 Å². The lowest BCUT2D eigenvalue weighted by molar-refractivity contribution is -0.120. The van der Waals surface area contributed by atoms with Crippen molar-refractivity contribution < 1.29 is 13.2 Å². The monoisotopic (exact) mass is 324 g/mol. The molecule has 0 spiro atoms. The van der Waals surface area contributed by atoms with Crippen LogP contribution in [0.5, 0.6) is 0 Å². The van der Waals surface area contributed by atoms with E-state index in [1.54, 1.807) is 31.2 Å². The molecule has 0 aliphatic heterocycles. The number of halogens is 1. The van der Waals surface area contributed by atoms with Crippen LogP contribution in [0.25, 0.3) is 0 Å². The number of amides is 1. The molecule has 1 unspecified atom stereocenters. The Morgan fingerprint density at radius 2 is 1.86 bits per heavy atom. The predicted octanol–water partition coefficient (Wildman–Crippen LogP) is 2.34. The third-order valence-corrected chi connectivity index (χ3v) is 4.39. The van der Waals surface area contributed by atoms with Crippen molar-refractivity contribution in [3.63, 3.8) is 0 Å². The Kier molecular flexibility index (Phi) is 4.59. The van der Waals surface area contributed by atoms with Crippen LogP contribution >= 0.6 is 11.6 Å². The van der Waals surface area contributed by atoms with E-state index in [0.717, 1.165) is 5.56 Å². The number of carbonyl (C=O) groups excluding carboxylic acids is 1. The highest BCUT2D eigenvalue weighted by Gasteiger charge is 2.23. The molecule has 1 aromatic carbocycles. The maximum Gasteiger partial charge on any atom is 0.281 e. The van der Waals surface area contributed by atoms with Gasteiger partial charge < -0.3 is 0 Å². The highest BCUT2D eigenvalue weighted by atomic mass is 35.5. The number of aromatic nitrogens is 1. The molecular weight excluding hydrogens is 312 g/mol. The summed E-state index contributed by atoms with van der Waals surface area (Å²) in [5, 5.41) is 0.0680. The maximum absolute atomic E-state index is 12.1. The number of benzene rings is 1. The summed E-state index contributed by atoms with van der Waals surface area (Å²) in [5.74, 6) is -1.20. The molecular formula is C14H13ClN2O3S. The van der Waals surface area contributed by atoms with Crippen molar-refractivity contribution in [2.24, 2.45) is 0 Å². The maximum atomic E-state index is 12.1. The quantitative estimate of drug-likeness (QED) is 0.936. The fraction of sp³-hybridized carbons (Fsp3) is 0.143. The molecule has 0 fully saturated rings. The van der Waals surface area contributed by atoms with E-state index in [1.165, 1.54) is 18.3 Å². The van der Waals surface area contributed by atoms with Gasteiger partial charge in [0.2, 0.25) is 5.91 Å². The summed E-state index contributed by atoms with van der Waals surface area (Å²) < 4.78 is 26.1. The number of hydrogen-bond acceptors (Lipinski definition) is 4. The van der Waals surface area contributed by atoms with Crippen LogP contribution in [0, 0.1) is 0 Å². The molecule has 0 radical (unpaired) electrons. The van der Waals surface area contributed by atoms with E-state index in [9.17, 15) is 13.2 Å². The molecule has 1 heterocycles. The van der Waals surface area contributed by atoms with Crippen molar-refractivity contribution in [2.75, 3.05) is 0 Å². The SMILES string of the molecule is CC(C(=O)NS(=O)(=O)c1ccc(Cl)cn1)c1ccccc1. The fourth-order valence-corrected chi connectivity index (χ4v) is 2.78. The Morgan fingerprint density at radius 3 is 2.43 bits per heavy atom. The highest BCUT2D eigenvalue weighted by molar-refractivity contribution is 7.90. The van der Waals surface area contributed by atoms with Crippen molar-refractivity contribution in [3.8, 4) is 0 Å². The van der Waals surface area contributed by atoms with Crippen LogP contribution < -0.4 is 4.72 Å². The molecule has 21 heavy (non-hydrogen) atoms. The molecule has 0 aliphatic carbocycles. The van der Waals surface area contributed by atoms with E-state index in [0.29, 0.717) is 5.02 Å². The summed E-state index contributed by atoms with van der Waals surface area (Å²) in [4.78, 5) is 15.8. The molecule has 1 amide bonds. The molecule has 0 aliphatic rings. The lowest BCUT2D eigenvalue weighted by Crippen LogP contribution is -2.34. The molecule has 0 saturated heterocycles. The van der Waals surface area contributed by atoms with Crippen LogP contribution in [-0.4, -0.2) is 19.3 Å². The largest absolute Gasteiger partial charge is 0.281 e. The Labute approximate surface area is 128 Å². The van der Waals surface area contributed by atoms with Gasteiger partial charge in [-0.25, -0.2) is 9.71 Å². The summed E-state index contributed by atoms with van der Waals surface area (Å²) in [6.07, 6.45) is 1.21. The topological polar surface area (TPSA) is 76.1 Å². The lowest BCUT2D eigenvalue weighted by Gasteiger charge is -2.12. The standard InChI is InChI=1S/C14H13ClN2O3S/c1-10(11-5-3-2-4-6-11)14(18)17-21(19,20)13-8-7-12(15)9-16-13/h2-10H,1H3,(H,17,18). The van der Waals surface area contributed by atoms with Gasteiger partial charge in [-0.15, -0.1) is 0 Å². The van der Waals surface area contributed by atoms with Gasteiger partial charge in [0.15, 0.2) is 5.03 Å². The van der Waals surface area contributed by atoms with Crippen LogP contribution in [-0.2, 0) is 14.8 Å². The van der Waals surface area contributed by atoms with Gasteiger partial charge in [-0.2, -0.15) is 8.42 Å². The minimum absolute atomic E-state index is 0.250. The molecule has 5 nitrogen and oxygen atoms in total. The zero-order valence-corrected chi connectivity index (χ0v) is 12.7. The zero-order valence-electron chi connectivity index (χ0n) is 11.2. The molecule has 110 valence electrons. The second-order valence-electron chi connectivity index (χ2n) is 4.42. The van der Waals surface area contributed by atoms with E-state index in [4.69, 9.17) is 11.6 Å². The highest BCUT2D eigenvalue weighted by Crippen LogP contribution is 2.16. The molecule has 1 aromatic heterocycles. The minimum atomic E-state index is -4.00. The fourth-order valence-electron chi connectivity index (χ4n) is 1.69. The molecule has 2 aromatic rings. The number of rotatable bonds is 4. The number of pyridine rings is 1. The van der Waals surface area contributed by atoms with Crippen LogP contribution in [0.3, 0.4) is 0 Å². The molecule has 2 rings (SSSR count). The first-order chi connectivity index (χ1) is 9.90. The number of hydrogen-bond donors (Lipinski definition) is 1. The number of nitrogens with zero attached hydrogens (tertiary/aromatic N) is 1. The number of carbonyl (C=O) groups is 1. The van der Waals surface area contributed by atoms with Crippen molar-refractivity contribution in [1.82, 2.24) is 9.71 Å². The zero-order chi connectivity index (χ0) is 15.5. The molecule has 0 bridgehead atoms. The average molecular weight is 325 g/mol. The molecule has 1 atom stereocenters. The van der Waals surface area contributed by atoms with E-state index in [-0.39, 0.29) is 5.03 Å². The van der Waals surface area contributed by atoms with Crippen molar-refractivity contribution in [3.05, 3.63) is 59.2 Å². The predicted molar refractivity (Wildman–Crippen MR) is 79.4 cm³/mol. The summed E-state index contributed by atoms with van der Waals surface area (Å²) in [6, 6.07) is 11.6. The van der Waals surface area contributed by atoms with Crippen molar-refractivity contribution >= 4 is 27.5 Å². The van der Waals surface area contributed by atoms with Gasteiger partial charge in [-0.3, -0.25) is 4.79 Å².